The monoisotopic (exact) mass is 466 g/mol. The van der Waals surface area contributed by atoms with Gasteiger partial charge in [-0.1, -0.05) is 30.3 Å². The number of thiazole rings is 1. The minimum atomic E-state index is -0.740. The topological polar surface area (TPSA) is 92.8 Å². The smallest absolute Gasteiger partial charge is 0.318 e. The van der Waals surface area contributed by atoms with Crippen LogP contribution in [-0.2, 0) is 24.2 Å². The number of nitrogens with zero attached hydrogens (tertiary/aromatic N) is 2. The molecule has 3 amide bonds. The highest BCUT2D eigenvalue weighted by Crippen LogP contribution is 2.33. The molecule has 172 valence electrons. The van der Waals surface area contributed by atoms with Crippen LogP contribution in [0.1, 0.15) is 16.7 Å². The summed E-state index contributed by atoms with van der Waals surface area (Å²) in [6.07, 6.45) is 2.69. The number of fused-ring (bicyclic) bond motifs is 1. The summed E-state index contributed by atoms with van der Waals surface area (Å²) < 4.78 is 10.8. The standard InChI is InChI=1S/C24H26N4O4S/c1-31-20-13-17-8-10-28(15-18(17)14-21(20)32-2)24(30)26-19(12-16-6-4-3-5-7-16)22(29)27-23-25-9-11-33-23/h3-7,9,11,13-14,19H,8,10,12,15H2,1-2H3,(H,26,30)(H,25,27,29)/t19-/m0/s1. The molecule has 2 aromatic carbocycles. The molecule has 0 saturated heterocycles. The zero-order valence-corrected chi connectivity index (χ0v) is 19.4. The van der Waals surface area contributed by atoms with Gasteiger partial charge < -0.3 is 25.0 Å². The Balaban J connectivity index is 1.48. The van der Waals surface area contributed by atoms with Gasteiger partial charge in [-0.2, -0.15) is 0 Å². The number of rotatable bonds is 7. The van der Waals surface area contributed by atoms with Crippen molar-refractivity contribution in [2.75, 3.05) is 26.1 Å². The predicted octanol–water partition coefficient (Wildman–Crippen LogP) is 3.48. The average Bonchev–Trinajstić information content (AvgIpc) is 3.35. The number of amides is 3. The summed E-state index contributed by atoms with van der Waals surface area (Å²) >= 11 is 1.33. The van der Waals surface area contributed by atoms with E-state index in [1.807, 2.05) is 42.5 Å². The van der Waals surface area contributed by atoms with Gasteiger partial charge in [-0.3, -0.25) is 4.79 Å². The quantitative estimate of drug-likeness (QED) is 0.556. The lowest BCUT2D eigenvalue weighted by Crippen LogP contribution is -2.51. The molecule has 0 radical (unpaired) electrons. The molecule has 0 aliphatic carbocycles. The van der Waals surface area contributed by atoms with Gasteiger partial charge in [0.15, 0.2) is 16.6 Å². The Hall–Kier alpha value is -3.59. The number of benzene rings is 2. The number of aromatic nitrogens is 1. The Morgan fingerprint density at radius 2 is 1.85 bits per heavy atom. The summed E-state index contributed by atoms with van der Waals surface area (Å²) in [5, 5.41) is 8.01. The van der Waals surface area contributed by atoms with Crippen molar-refractivity contribution in [3.63, 3.8) is 0 Å². The Bertz CT molecular complexity index is 1110. The van der Waals surface area contributed by atoms with E-state index in [9.17, 15) is 9.59 Å². The lowest BCUT2D eigenvalue weighted by atomic mass is 9.99. The van der Waals surface area contributed by atoms with E-state index in [2.05, 4.69) is 15.6 Å². The van der Waals surface area contributed by atoms with E-state index in [0.29, 0.717) is 42.6 Å². The normalized spacial score (nSPS) is 13.6. The third kappa shape index (κ3) is 5.43. The first-order valence-corrected chi connectivity index (χ1v) is 11.5. The van der Waals surface area contributed by atoms with E-state index in [4.69, 9.17) is 9.47 Å². The van der Waals surface area contributed by atoms with Gasteiger partial charge in [-0.05, 0) is 35.2 Å². The zero-order chi connectivity index (χ0) is 23.2. The van der Waals surface area contributed by atoms with Crippen LogP contribution < -0.4 is 20.1 Å². The molecular weight excluding hydrogens is 440 g/mol. The molecule has 1 aliphatic rings. The van der Waals surface area contributed by atoms with Crippen molar-refractivity contribution in [2.45, 2.75) is 25.4 Å². The summed E-state index contributed by atoms with van der Waals surface area (Å²) in [5.41, 5.74) is 3.08. The van der Waals surface area contributed by atoms with E-state index in [0.717, 1.165) is 16.7 Å². The molecule has 9 heteroatoms. The first kappa shape index (κ1) is 22.6. The predicted molar refractivity (Wildman–Crippen MR) is 127 cm³/mol. The maximum atomic E-state index is 13.2. The summed E-state index contributed by atoms with van der Waals surface area (Å²) in [6.45, 7) is 0.966. The highest BCUT2D eigenvalue weighted by molar-refractivity contribution is 7.13. The van der Waals surface area contributed by atoms with Crippen LogP contribution in [0.4, 0.5) is 9.93 Å². The van der Waals surface area contributed by atoms with Gasteiger partial charge in [-0.15, -0.1) is 11.3 Å². The van der Waals surface area contributed by atoms with Crippen molar-refractivity contribution < 1.29 is 19.1 Å². The lowest BCUT2D eigenvalue weighted by Gasteiger charge is -2.31. The van der Waals surface area contributed by atoms with Crippen molar-refractivity contribution in [3.05, 3.63) is 70.7 Å². The van der Waals surface area contributed by atoms with Crippen molar-refractivity contribution in [1.82, 2.24) is 15.2 Å². The summed E-state index contributed by atoms with van der Waals surface area (Å²) in [4.78, 5) is 32.0. The van der Waals surface area contributed by atoms with Gasteiger partial charge in [0.25, 0.3) is 0 Å². The van der Waals surface area contributed by atoms with Gasteiger partial charge in [-0.25, -0.2) is 9.78 Å². The van der Waals surface area contributed by atoms with Crippen LogP contribution in [0.15, 0.2) is 54.0 Å². The molecule has 0 unspecified atom stereocenters. The molecule has 33 heavy (non-hydrogen) atoms. The highest BCUT2D eigenvalue weighted by Gasteiger charge is 2.27. The molecule has 2 heterocycles. The Labute approximate surface area is 196 Å². The fourth-order valence-corrected chi connectivity index (χ4v) is 4.37. The van der Waals surface area contributed by atoms with E-state index in [1.165, 1.54) is 11.3 Å². The minimum Gasteiger partial charge on any atom is -0.493 e. The second-order valence-corrected chi connectivity index (χ2v) is 8.56. The van der Waals surface area contributed by atoms with Gasteiger partial charge in [0.1, 0.15) is 6.04 Å². The Morgan fingerprint density at radius 3 is 2.52 bits per heavy atom. The molecule has 1 atom stereocenters. The SMILES string of the molecule is COc1cc2c(cc1OC)CN(C(=O)N[C@@H](Cc1ccccc1)C(=O)Nc1nccs1)CC2. The first-order valence-electron chi connectivity index (χ1n) is 10.6. The third-order valence-corrected chi connectivity index (χ3v) is 6.25. The molecule has 2 N–H and O–H groups in total. The van der Waals surface area contributed by atoms with Gasteiger partial charge in [0.05, 0.1) is 14.2 Å². The maximum absolute atomic E-state index is 13.2. The molecular formula is C24H26N4O4S. The van der Waals surface area contributed by atoms with Crippen molar-refractivity contribution in [3.8, 4) is 11.5 Å². The zero-order valence-electron chi connectivity index (χ0n) is 18.5. The van der Waals surface area contributed by atoms with Gasteiger partial charge in [0, 0.05) is 31.1 Å². The second kappa shape index (κ2) is 10.4. The number of carbonyl (C=O) groups excluding carboxylic acids is 2. The second-order valence-electron chi connectivity index (χ2n) is 7.67. The molecule has 4 rings (SSSR count). The van der Waals surface area contributed by atoms with Gasteiger partial charge >= 0.3 is 6.03 Å². The van der Waals surface area contributed by atoms with Gasteiger partial charge in [0.2, 0.25) is 5.91 Å². The van der Waals surface area contributed by atoms with Crippen molar-refractivity contribution >= 4 is 28.4 Å². The Morgan fingerprint density at radius 1 is 1.12 bits per heavy atom. The number of hydrogen-bond donors (Lipinski definition) is 2. The van der Waals surface area contributed by atoms with Crippen LogP contribution >= 0.6 is 11.3 Å². The van der Waals surface area contributed by atoms with Crippen molar-refractivity contribution in [1.29, 1.82) is 0 Å². The summed E-state index contributed by atoms with van der Waals surface area (Å²) in [7, 11) is 3.20. The Kier molecular flexibility index (Phi) is 7.09. The average molecular weight is 467 g/mol. The number of ether oxygens (including phenoxy) is 2. The number of hydrogen-bond acceptors (Lipinski definition) is 6. The number of anilines is 1. The molecule has 0 saturated carbocycles. The molecule has 8 nitrogen and oxygen atoms in total. The number of carbonyl (C=O) groups is 2. The van der Waals surface area contributed by atoms with Crippen LogP contribution in [0, 0.1) is 0 Å². The number of methoxy groups -OCH3 is 2. The number of nitrogens with one attached hydrogen (secondary N) is 2. The van der Waals surface area contributed by atoms with Crippen LogP contribution in [0.3, 0.4) is 0 Å². The maximum Gasteiger partial charge on any atom is 0.318 e. The van der Waals surface area contributed by atoms with Crippen molar-refractivity contribution in [2.24, 2.45) is 0 Å². The highest BCUT2D eigenvalue weighted by atomic mass is 32.1. The minimum absolute atomic E-state index is 0.286. The first-order chi connectivity index (χ1) is 16.1. The molecule has 0 fully saturated rings. The fourth-order valence-electron chi connectivity index (χ4n) is 3.83. The van der Waals surface area contributed by atoms with E-state index in [1.54, 1.807) is 30.7 Å². The molecule has 3 aromatic rings. The lowest BCUT2D eigenvalue weighted by molar-refractivity contribution is -0.118. The van der Waals surface area contributed by atoms with Crippen LogP contribution in [0.25, 0.3) is 0 Å². The summed E-state index contributed by atoms with van der Waals surface area (Å²) in [5.74, 6) is 1.00. The summed E-state index contributed by atoms with van der Waals surface area (Å²) in [6, 6.07) is 12.5. The van der Waals surface area contributed by atoms with Crippen LogP contribution in [0.5, 0.6) is 11.5 Å². The molecule has 0 spiro atoms. The molecule has 1 aliphatic heterocycles. The van der Waals surface area contributed by atoms with E-state index >= 15 is 0 Å². The van der Waals surface area contributed by atoms with E-state index < -0.39 is 6.04 Å². The largest absolute Gasteiger partial charge is 0.493 e. The number of urea groups is 1. The molecule has 0 bridgehead atoms. The van der Waals surface area contributed by atoms with Crippen LogP contribution in [0.2, 0.25) is 0 Å². The molecule has 1 aromatic heterocycles. The van der Waals surface area contributed by atoms with E-state index in [-0.39, 0.29) is 11.9 Å². The third-order valence-electron chi connectivity index (χ3n) is 5.56. The van der Waals surface area contributed by atoms with Crippen LogP contribution in [-0.4, -0.2) is 48.6 Å². The fraction of sp³-hybridized carbons (Fsp3) is 0.292.